The molecule has 7 heteroatoms. The Morgan fingerprint density at radius 2 is 2.28 bits per heavy atom. The molecule has 1 aromatic rings. The third kappa shape index (κ3) is 8.11. The van der Waals surface area contributed by atoms with Gasteiger partial charge in [-0.15, -0.1) is 24.0 Å². The summed E-state index contributed by atoms with van der Waals surface area (Å²) in [6, 6.07) is 3.84. The molecule has 0 bridgehead atoms. The van der Waals surface area contributed by atoms with E-state index >= 15 is 0 Å². The summed E-state index contributed by atoms with van der Waals surface area (Å²) in [7, 11) is 0. The van der Waals surface area contributed by atoms with Crippen molar-refractivity contribution in [1.82, 2.24) is 15.5 Å². The van der Waals surface area contributed by atoms with Crippen molar-refractivity contribution in [3.05, 3.63) is 24.2 Å². The number of aliphatic imine (C=N–C) groups is 1. The van der Waals surface area contributed by atoms with E-state index in [0.717, 1.165) is 44.2 Å². The molecule has 1 aliphatic heterocycles. The van der Waals surface area contributed by atoms with Crippen LogP contribution in [-0.4, -0.2) is 49.5 Å². The molecule has 6 nitrogen and oxygen atoms in total. The van der Waals surface area contributed by atoms with Crippen LogP contribution in [-0.2, 0) is 11.2 Å². The van der Waals surface area contributed by atoms with Crippen molar-refractivity contribution >= 4 is 35.8 Å². The zero-order valence-electron chi connectivity index (χ0n) is 15.3. The Hall–Kier alpha value is -1.25. The van der Waals surface area contributed by atoms with Crippen LogP contribution >= 0.6 is 24.0 Å². The van der Waals surface area contributed by atoms with Crippen molar-refractivity contribution in [2.24, 2.45) is 10.9 Å². The predicted molar refractivity (Wildman–Crippen MR) is 111 cm³/mol. The minimum atomic E-state index is 0. The Labute approximate surface area is 167 Å². The molecule has 1 saturated heterocycles. The third-order valence-corrected chi connectivity index (χ3v) is 4.19. The number of hydrogen-bond donors (Lipinski definition) is 2. The molecule has 1 atom stereocenters. The summed E-state index contributed by atoms with van der Waals surface area (Å²) in [5.41, 5.74) is 0. The first-order chi connectivity index (χ1) is 11.7. The molecule has 1 aromatic heterocycles. The second-order valence-electron chi connectivity index (χ2n) is 6.35. The van der Waals surface area contributed by atoms with Gasteiger partial charge in [0.25, 0.3) is 0 Å². The number of piperidine rings is 1. The van der Waals surface area contributed by atoms with Gasteiger partial charge in [0, 0.05) is 45.6 Å². The van der Waals surface area contributed by atoms with Gasteiger partial charge in [-0.05, 0) is 37.8 Å². The number of carbonyl (C=O) groups is 1. The maximum Gasteiger partial charge on any atom is 0.224 e. The number of hydrogen-bond acceptors (Lipinski definition) is 3. The van der Waals surface area contributed by atoms with Crippen molar-refractivity contribution in [3.8, 4) is 0 Å². The average molecular weight is 462 g/mol. The van der Waals surface area contributed by atoms with Crippen molar-refractivity contribution in [1.29, 1.82) is 0 Å². The van der Waals surface area contributed by atoms with Crippen molar-refractivity contribution in [2.45, 2.75) is 39.5 Å². The van der Waals surface area contributed by atoms with Crippen LogP contribution in [0.4, 0.5) is 0 Å². The SMILES string of the molecule is CCNC(=NCCc1ccco1)NCCC(=O)N1CCCC(C)C1.I. The molecule has 2 rings (SSSR count). The summed E-state index contributed by atoms with van der Waals surface area (Å²) in [5.74, 6) is 2.55. The number of guanidine groups is 1. The molecule has 0 aromatic carbocycles. The summed E-state index contributed by atoms with van der Waals surface area (Å²) in [6.07, 6.45) is 5.31. The Bertz CT molecular complexity index is 519. The highest BCUT2D eigenvalue weighted by molar-refractivity contribution is 14.0. The van der Waals surface area contributed by atoms with Crippen LogP contribution in [0.1, 0.15) is 38.9 Å². The van der Waals surface area contributed by atoms with Crippen molar-refractivity contribution in [2.75, 3.05) is 32.7 Å². The molecule has 1 unspecified atom stereocenters. The lowest BCUT2D eigenvalue weighted by molar-refractivity contribution is -0.132. The first kappa shape index (κ1) is 21.8. The second-order valence-corrected chi connectivity index (χ2v) is 6.35. The van der Waals surface area contributed by atoms with Gasteiger partial charge in [-0.3, -0.25) is 9.79 Å². The maximum atomic E-state index is 12.3. The van der Waals surface area contributed by atoms with Crippen LogP contribution in [0.2, 0.25) is 0 Å². The Balaban J connectivity index is 0.00000312. The zero-order chi connectivity index (χ0) is 17.2. The molecular weight excluding hydrogens is 431 g/mol. The topological polar surface area (TPSA) is 69.9 Å². The van der Waals surface area contributed by atoms with E-state index in [1.807, 2.05) is 24.0 Å². The van der Waals surface area contributed by atoms with Gasteiger partial charge in [0.2, 0.25) is 5.91 Å². The van der Waals surface area contributed by atoms with Gasteiger partial charge in [-0.2, -0.15) is 0 Å². The molecule has 0 radical (unpaired) electrons. The Morgan fingerprint density at radius 3 is 2.96 bits per heavy atom. The van der Waals surface area contributed by atoms with Crippen molar-refractivity contribution in [3.63, 3.8) is 0 Å². The standard InChI is InChI=1S/C18H30N4O2.HI/c1-3-19-18(20-10-8-16-7-5-13-24-16)21-11-9-17(23)22-12-4-6-15(2)14-22;/h5,7,13,15H,3-4,6,8-12,14H2,1-2H3,(H2,19,20,21);1H. The lowest BCUT2D eigenvalue weighted by Crippen LogP contribution is -2.42. The highest BCUT2D eigenvalue weighted by Crippen LogP contribution is 2.15. The summed E-state index contributed by atoms with van der Waals surface area (Å²) in [5, 5.41) is 6.45. The van der Waals surface area contributed by atoms with E-state index in [-0.39, 0.29) is 29.9 Å². The number of rotatable bonds is 7. The Morgan fingerprint density at radius 1 is 1.44 bits per heavy atom. The van der Waals surface area contributed by atoms with Gasteiger partial charge < -0.3 is 20.0 Å². The van der Waals surface area contributed by atoms with Gasteiger partial charge in [-0.25, -0.2) is 0 Å². The molecule has 1 aliphatic rings. The van der Waals surface area contributed by atoms with E-state index in [0.29, 0.717) is 25.4 Å². The van der Waals surface area contributed by atoms with Gasteiger partial charge in [0.1, 0.15) is 5.76 Å². The molecule has 0 saturated carbocycles. The summed E-state index contributed by atoms with van der Waals surface area (Å²) in [6.45, 7) is 8.11. The number of furan rings is 1. The smallest absolute Gasteiger partial charge is 0.224 e. The molecular formula is C18H31IN4O2. The highest BCUT2D eigenvalue weighted by atomic mass is 127. The van der Waals surface area contributed by atoms with Crippen LogP contribution in [0, 0.1) is 5.92 Å². The van der Waals surface area contributed by atoms with Gasteiger partial charge >= 0.3 is 0 Å². The first-order valence-electron chi connectivity index (χ1n) is 9.01. The van der Waals surface area contributed by atoms with Gasteiger partial charge in [0.05, 0.1) is 6.26 Å². The Kier molecular flexibility index (Phi) is 10.6. The van der Waals surface area contributed by atoms with Crippen LogP contribution in [0.5, 0.6) is 0 Å². The minimum Gasteiger partial charge on any atom is -0.469 e. The summed E-state index contributed by atoms with van der Waals surface area (Å²) < 4.78 is 5.30. The molecule has 0 spiro atoms. The lowest BCUT2D eigenvalue weighted by atomic mass is 10.00. The van der Waals surface area contributed by atoms with Crippen LogP contribution in [0.15, 0.2) is 27.8 Å². The molecule has 2 heterocycles. The van der Waals surface area contributed by atoms with E-state index in [1.165, 1.54) is 6.42 Å². The second kappa shape index (κ2) is 12.2. The van der Waals surface area contributed by atoms with E-state index in [9.17, 15) is 4.79 Å². The molecule has 1 fully saturated rings. The number of nitrogens with one attached hydrogen (secondary N) is 2. The fourth-order valence-electron chi connectivity index (χ4n) is 2.94. The molecule has 142 valence electrons. The minimum absolute atomic E-state index is 0. The number of likely N-dealkylation sites (tertiary alicyclic amines) is 1. The van der Waals surface area contributed by atoms with Crippen LogP contribution in [0.3, 0.4) is 0 Å². The van der Waals surface area contributed by atoms with Crippen molar-refractivity contribution < 1.29 is 9.21 Å². The van der Waals surface area contributed by atoms with Gasteiger partial charge in [-0.1, -0.05) is 6.92 Å². The summed E-state index contributed by atoms with van der Waals surface area (Å²) >= 11 is 0. The first-order valence-corrected chi connectivity index (χ1v) is 9.01. The number of carbonyl (C=O) groups excluding carboxylic acids is 1. The average Bonchev–Trinajstić information content (AvgIpc) is 3.08. The maximum absolute atomic E-state index is 12.3. The van der Waals surface area contributed by atoms with Crippen LogP contribution < -0.4 is 10.6 Å². The molecule has 1 amide bonds. The third-order valence-electron chi connectivity index (χ3n) is 4.19. The molecule has 0 aliphatic carbocycles. The van der Waals surface area contributed by atoms with E-state index < -0.39 is 0 Å². The molecule has 25 heavy (non-hydrogen) atoms. The number of halogens is 1. The highest BCUT2D eigenvalue weighted by Gasteiger charge is 2.20. The van der Waals surface area contributed by atoms with Crippen LogP contribution in [0.25, 0.3) is 0 Å². The number of amides is 1. The normalized spacial score (nSPS) is 17.8. The lowest BCUT2D eigenvalue weighted by Gasteiger charge is -2.31. The zero-order valence-corrected chi connectivity index (χ0v) is 17.6. The van der Waals surface area contributed by atoms with E-state index in [2.05, 4.69) is 22.5 Å². The number of nitrogens with zero attached hydrogens (tertiary/aromatic N) is 2. The fourth-order valence-corrected chi connectivity index (χ4v) is 2.94. The molecule has 2 N–H and O–H groups in total. The largest absolute Gasteiger partial charge is 0.469 e. The van der Waals surface area contributed by atoms with E-state index in [1.54, 1.807) is 6.26 Å². The van der Waals surface area contributed by atoms with Gasteiger partial charge in [0.15, 0.2) is 5.96 Å². The fraction of sp³-hybridized carbons (Fsp3) is 0.667. The van der Waals surface area contributed by atoms with E-state index in [4.69, 9.17) is 4.42 Å². The predicted octanol–water partition coefficient (Wildman–Crippen LogP) is 2.64. The summed E-state index contributed by atoms with van der Waals surface area (Å²) in [4.78, 5) is 18.8. The monoisotopic (exact) mass is 462 g/mol. The quantitative estimate of drug-likeness (QED) is 0.372.